The largest absolute Gasteiger partial charge is 0.438 e. The molecule has 0 saturated heterocycles. The van der Waals surface area contributed by atoms with Crippen LogP contribution in [0, 0.1) is 0 Å². The molecule has 0 atom stereocenters. The van der Waals surface area contributed by atoms with Gasteiger partial charge in [-0.3, -0.25) is 0 Å². The zero-order chi connectivity index (χ0) is 10.8. The lowest BCUT2D eigenvalue weighted by molar-refractivity contribution is -0.146. The van der Waals surface area contributed by atoms with Crippen molar-refractivity contribution in [1.82, 2.24) is 9.97 Å². The Morgan fingerprint density at radius 2 is 1.71 bits per heavy atom. The van der Waals surface area contributed by atoms with Gasteiger partial charge < -0.3 is 4.74 Å². The number of aromatic nitrogens is 2. The molecular weight excluding hydrogens is 211 g/mol. The normalized spacial score (nSPS) is 11.9. The average molecular weight is 214 g/mol. The predicted octanol–water partition coefficient (Wildman–Crippen LogP) is 2.10. The minimum absolute atomic E-state index is 0.737. The Balaban J connectivity index is 3.04. The molecule has 1 rings (SSSR count). The molecule has 0 N–H and O–H groups in total. The highest BCUT2D eigenvalue weighted by atomic mass is 19.4. The topological polar surface area (TPSA) is 35.0 Å². The van der Waals surface area contributed by atoms with Crippen LogP contribution < -0.4 is 4.74 Å². The van der Waals surface area contributed by atoms with E-state index in [9.17, 15) is 22.0 Å². The second-order valence-corrected chi connectivity index (χ2v) is 2.09. The van der Waals surface area contributed by atoms with Gasteiger partial charge in [-0.1, -0.05) is 0 Å². The van der Waals surface area contributed by atoms with Crippen molar-refractivity contribution < 1.29 is 26.7 Å². The van der Waals surface area contributed by atoms with Crippen LogP contribution in [-0.4, -0.2) is 16.6 Å². The summed E-state index contributed by atoms with van der Waals surface area (Å²) in [6.45, 7) is -3.37. The fourth-order valence-corrected chi connectivity index (χ4v) is 0.690. The minimum Gasteiger partial charge on any atom is -0.415 e. The van der Waals surface area contributed by atoms with Crippen molar-refractivity contribution in [2.45, 2.75) is 12.8 Å². The van der Waals surface area contributed by atoms with E-state index in [1.54, 1.807) is 0 Å². The maximum absolute atomic E-state index is 12.1. The first-order chi connectivity index (χ1) is 6.41. The summed E-state index contributed by atoms with van der Waals surface area (Å²) in [6, 6.07) is 0. The van der Waals surface area contributed by atoms with E-state index in [1.165, 1.54) is 0 Å². The molecule has 78 valence electrons. The van der Waals surface area contributed by atoms with Crippen LogP contribution in [0.25, 0.3) is 0 Å². The molecule has 0 bridgehead atoms. The van der Waals surface area contributed by atoms with E-state index in [1.807, 2.05) is 0 Å². The Hall–Kier alpha value is -1.47. The molecule has 0 spiro atoms. The fraction of sp³-hybridized carbons (Fsp3) is 0.333. The summed E-state index contributed by atoms with van der Waals surface area (Å²) in [7, 11) is 0. The molecule has 0 unspecified atom stereocenters. The highest BCUT2D eigenvalue weighted by Crippen LogP contribution is 2.33. The number of rotatable bonds is 2. The maximum atomic E-state index is 12.1. The Morgan fingerprint density at radius 3 is 2.21 bits per heavy atom. The third-order valence-corrected chi connectivity index (χ3v) is 1.13. The molecule has 0 aromatic carbocycles. The number of ether oxygens (including phenoxy) is 1. The van der Waals surface area contributed by atoms with Gasteiger partial charge in [0.25, 0.3) is 0 Å². The molecule has 3 nitrogen and oxygen atoms in total. The molecule has 0 aliphatic rings. The molecule has 0 saturated carbocycles. The first-order valence-corrected chi connectivity index (χ1v) is 3.24. The van der Waals surface area contributed by atoms with Gasteiger partial charge in [0.05, 0.1) is 0 Å². The number of nitrogens with zero attached hydrogens (tertiary/aromatic N) is 2. The van der Waals surface area contributed by atoms with Crippen molar-refractivity contribution in [2.24, 2.45) is 0 Å². The number of hydrogen-bond donors (Lipinski definition) is 0. The van der Waals surface area contributed by atoms with Crippen LogP contribution in [0.1, 0.15) is 5.69 Å². The number of halogens is 5. The van der Waals surface area contributed by atoms with Gasteiger partial charge in [0, 0.05) is 12.4 Å². The van der Waals surface area contributed by atoms with E-state index >= 15 is 0 Å². The summed E-state index contributed by atoms with van der Waals surface area (Å²) in [5, 5.41) is 0. The van der Waals surface area contributed by atoms with Crippen molar-refractivity contribution in [1.29, 1.82) is 0 Å². The van der Waals surface area contributed by atoms with E-state index in [-0.39, 0.29) is 0 Å². The van der Waals surface area contributed by atoms with Crippen LogP contribution in [0.15, 0.2) is 12.4 Å². The van der Waals surface area contributed by atoms with Gasteiger partial charge in [0.15, 0.2) is 0 Å². The van der Waals surface area contributed by atoms with Gasteiger partial charge >= 0.3 is 12.8 Å². The van der Waals surface area contributed by atoms with Gasteiger partial charge in [0.1, 0.15) is 0 Å². The van der Waals surface area contributed by atoms with Crippen LogP contribution in [0.2, 0.25) is 0 Å². The average Bonchev–Trinajstić information content (AvgIpc) is 2.01. The van der Waals surface area contributed by atoms with Gasteiger partial charge in [0.2, 0.25) is 11.6 Å². The summed E-state index contributed by atoms with van der Waals surface area (Å²) in [5.74, 6) is -1.23. The highest BCUT2D eigenvalue weighted by molar-refractivity contribution is 5.20. The third-order valence-electron chi connectivity index (χ3n) is 1.13. The van der Waals surface area contributed by atoms with Crippen LogP contribution in [0.3, 0.4) is 0 Å². The lowest BCUT2D eigenvalue weighted by Gasteiger charge is -2.09. The van der Waals surface area contributed by atoms with Crippen molar-refractivity contribution in [3.8, 4) is 5.88 Å². The molecule has 0 amide bonds. The molecule has 1 heterocycles. The van der Waals surface area contributed by atoms with Crippen molar-refractivity contribution in [3.63, 3.8) is 0 Å². The van der Waals surface area contributed by atoms with E-state index in [4.69, 9.17) is 0 Å². The van der Waals surface area contributed by atoms with Crippen molar-refractivity contribution >= 4 is 0 Å². The fourth-order valence-electron chi connectivity index (χ4n) is 0.690. The maximum Gasteiger partial charge on any atom is 0.438 e. The monoisotopic (exact) mass is 214 g/mol. The summed E-state index contributed by atoms with van der Waals surface area (Å²) >= 11 is 0. The Morgan fingerprint density at radius 1 is 1.14 bits per heavy atom. The number of hydrogen-bond acceptors (Lipinski definition) is 3. The molecule has 14 heavy (non-hydrogen) atoms. The van der Waals surface area contributed by atoms with Gasteiger partial charge in [-0.25, -0.2) is 9.97 Å². The summed E-state index contributed by atoms with van der Waals surface area (Å²) in [4.78, 5) is 5.86. The molecule has 0 aliphatic carbocycles. The van der Waals surface area contributed by atoms with Crippen LogP contribution in [0.5, 0.6) is 5.88 Å². The van der Waals surface area contributed by atoms with Gasteiger partial charge in [-0.05, 0) is 0 Å². The zero-order valence-electron chi connectivity index (χ0n) is 6.42. The zero-order valence-corrected chi connectivity index (χ0v) is 6.42. The van der Waals surface area contributed by atoms with Crippen LogP contribution in [-0.2, 0) is 6.18 Å². The second kappa shape index (κ2) is 3.72. The van der Waals surface area contributed by atoms with Crippen LogP contribution in [0.4, 0.5) is 22.0 Å². The molecule has 0 aliphatic heterocycles. The molecular formula is C6H3F5N2O. The lowest BCUT2D eigenvalue weighted by atomic mass is 10.4. The molecule has 0 radical (unpaired) electrons. The third kappa shape index (κ3) is 2.51. The first kappa shape index (κ1) is 10.6. The van der Waals surface area contributed by atoms with Crippen molar-refractivity contribution in [3.05, 3.63) is 18.1 Å². The van der Waals surface area contributed by atoms with E-state index in [0.717, 1.165) is 12.4 Å². The standard InChI is InChI=1S/C6H3F5N2O/c7-5(8)14-4-3(6(9,10)11)12-1-2-13-4/h1-2,5H. The van der Waals surface area contributed by atoms with E-state index in [2.05, 4.69) is 14.7 Å². The van der Waals surface area contributed by atoms with Gasteiger partial charge in [-0.2, -0.15) is 22.0 Å². The Labute approximate surface area is 74.5 Å². The minimum atomic E-state index is -4.86. The second-order valence-electron chi connectivity index (χ2n) is 2.09. The first-order valence-electron chi connectivity index (χ1n) is 3.24. The summed E-state index contributed by atoms with van der Waals surface area (Å²) in [5.41, 5.74) is -1.57. The van der Waals surface area contributed by atoms with E-state index < -0.39 is 24.4 Å². The van der Waals surface area contributed by atoms with E-state index in [0.29, 0.717) is 0 Å². The number of alkyl halides is 5. The Kier molecular flexibility index (Phi) is 2.82. The lowest BCUT2D eigenvalue weighted by Crippen LogP contribution is -2.14. The van der Waals surface area contributed by atoms with Crippen molar-refractivity contribution in [2.75, 3.05) is 0 Å². The quantitative estimate of drug-likeness (QED) is 0.707. The molecule has 1 aromatic heterocycles. The van der Waals surface area contributed by atoms with Gasteiger partial charge in [-0.15, -0.1) is 0 Å². The summed E-state index contributed by atoms with van der Waals surface area (Å²) in [6.07, 6.45) is -3.30. The molecule has 0 fully saturated rings. The molecule has 8 heteroatoms. The molecule has 1 aromatic rings. The van der Waals surface area contributed by atoms with Crippen LogP contribution >= 0.6 is 0 Å². The Bertz CT molecular complexity index is 313. The summed E-state index contributed by atoms with van der Waals surface area (Å²) < 4.78 is 63.0. The highest BCUT2D eigenvalue weighted by Gasteiger charge is 2.37. The smallest absolute Gasteiger partial charge is 0.415 e. The SMILES string of the molecule is FC(F)Oc1nccnc1C(F)(F)F. The predicted molar refractivity (Wildman–Crippen MR) is 33.7 cm³/mol.